The Bertz CT molecular complexity index is 796. The highest BCUT2D eigenvalue weighted by Gasteiger charge is 2.11. The fourth-order valence-electron chi connectivity index (χ4n) is 1.85. The number of nitrogens with zero attached hydrogens (tertiary/aromatic N) is 3. The van der Waals surface area contributed by atoms with Gasteiger partial charge in [-0.05, 0) is 19.1 Å². The normalized spacial score (nSPS) is 10.7. The molecule has 100 valence electrons. The number of aromatic nitrogens is 3. The summed E-state index contributed by atoms with van der Waals surface area (Å²) in [6.07, 6.45) is 0. The minimum absolute atomic E-state index is 0.298. The first-order valence-electron chi connectivity index (χ1n) is 5.90. The number of nitrogens with two attached hydrogens (primary N) is 1. The molecule has 0 unspecified atom stereocenters. The van der Waals surface area contributed by atoms with E-state index in [1.807, 2.05) is 37.3 Å². The van der Waals surface area contributed by atoms with Gasteiger partial charge in [0, 0.05) is 16.9 Å². The highest BCUT2D eigenvalue weighted by molar-refractivity contribution is 7.80. The first-order chi connectivity index (χ1) is 9.63. The molecule has 0 spiro atoms. The number of thiocarbonyl (C=S) groups is 1. The maximum atomic E-state index is 5.78. The van der Waals surface area contributed by atoms with Crippen LogP contribution in [-0.4, -0.2) is 19.3 Å². The number of hydrogen-bond donors (Lipinski definition) is 2. The standard InChI is InChI=1S/C13H11N5S2/c1-7-15-13(20-18-7)17-12-9(11(14)19)6-8-4-2-3-5-10(8)16-12/h2-6H,1H3,(H2,14,19)(H,15,16,17,18). The van der Waals surface area contributed by atoms with Crippen LogP contribution in [0.2, 0.25) is 0 Å². The molecular formula is C13H11N5S2. The molecule has 0 fully saturated rings. The Morgan fingerprint density at radius 3 is 2.80 bits per heavy atom. The average Bonchev–Trinajstić information content (AvgIpc) is 2.83. The molecule has 0 aliphatic heterocycles. The van der Waals surface area contributed by atoms with E-state index in [1.54, 1.807) is 0 Å². The zero-order valence-corrected chi connectivity index (χ0v) is 12.3. The Labute approximate surface area is 125 Å². The van der Waals surface area contributed by atoms with E-state index >= 15 is 0 Å². The first kappa shape index (κ1) is 12.9. The van der Waals surface area contributed by atoms with Gasteiger partial charge in [0.15, 0.2) is 0 Å². The van der Waals surface area contributed by atoms with Gasteiger partial charge >= 0.3 is 0 Å². The Morgan fingerprint density at radius 1 is 1.30 bits per heavy atom. The van der Waals surface area contributed by atoms with E-state index in [9.17, 15) is 0 Å². The molecule has 7 heteroatoms. The minimum atomic E-state index is 0.298. The van der Waals surface area contributed by atoms with E-state index in [1.165, 1.54) is 11.5 Å². The second-order valence-corrected chi connectivity index (χ2v) is 5.40. The summed E-state index contributed by atoms with van der Waals surface area (Å²) < 4.78 is 4.13. The fraction of sp³-hybridized carbons (Fsp3) is 0.0769. The quantitative estimate of drug-likeness (QED) is 0.724. The summed E-state index contributed by atoms with van der Waals surface area (Å²) >= 11 is 6.37. The van der Waals surface area contributed by atoms with Crippen LogP contribution in [0.3, 0.4) is 0 Å². The SMILES string of the molecule is Cc1nsc(Nc2nc3ccccc3cc2C(N)=S)n1. The van der Waals surface area contributed by atoms with Gasteiger partial charge in [0.2, 0.25) is 5.13 Å². The lowest BCUT2D eigenvalue weighted by Gasteiger charge is -2.09. The van der Waals surface area contributed by atoms with E-state index in [0.717, 1.165) is 16.7 Å². The van der Waals surface area contributed by atoms with Gasteiger partial charge in [-0.25, -0.2) is 9.97 Å². The molecule has 5 nitrogen and oxygen atoms in total. The summed E-state index contributed by atoms with van der Waals surface area (Å²) in [6, 6.07) is 9.74. The van der Waals surface area contributed by atoms with Crippen LogP contribution in [0.25, 0.3) is 10.9 Å². The van der Waals surface area contributed by atoms with Crippen LogP contribution in [0.5, 0.6) is 0 Å². The molecule has 0 bridgehead atoms. The zero-order chi connectivity index (χ0) is 14.1. The average molecular weight is 301 g/mol. The molecule has 3 N–H and O–H groups in total. The summed E-state index contributed by atoms with van der Waals surface area (Å²) in [7, 11) is 0. The second kappa shape index (κ2) is 5.10. The van der Waals surface area contributed by atoms with Gasteiger partial charge in [-0.15, -0.1) is 0 Å². The van der Waals surface area contributed by atoms with Crippen molar-refractivity contribution in [3.63, 3.8) is 0 Å². The van der Waals surface area contributed by atoms with Crippen molar-refractivity contribution in [3.05, 3.63) is 41.7 Å². The molecule has 1 aromatic carbocycles. The number of nitrogens with one attached hydrogen (secondary N) is 1. The molecule has 0 radical (unpaired) electrons. The molecule has 0 aliphatic carbocycles. The highest BCUT2D eigenvalue weighted by Crippen LogP contribution is 2.24. The Balaban J connectivity index is 2.11. The van der Waals surface area contributed by atoms with Gasteiger partial charge < -0.3 is 11.1 Å². The van der Waals surface area contributed by atoms with Crippen molar-refractivity contribution >= 4 is 50.6 Å². The van der Waals surface area contributed by atoms with Crippen molar-refractivity contribution in [2.75, 3.05) is 5.32 Å². The lowest BCUT2D eigenvalue weighted by atomic mass is 10.1. The van der Waals surface area contributed by atoms with Crippen molar-refractivity contribution in [1.82, 2.24) is 14.3 Å². The first-order valence-corrected chi connectivity index (χ1v) is 7.08. The predicted molar refractivity (Wildman–Crippen MR) is 85.6 cm³/mol. The third-order valence-corrected chi connectivity index (χ3v) is 3.68. The zero-order valence-electron chi connectivity index (χ0n) is 10.6. The molecule has 2 heterocycles. The molecule has 2 aromatic heterocycles. The molecule has 0 saturated heterocycles. The van der Waals surface area contributed by atoms with Gasteiger partial charge in [0.1, 0.15) is 16.6 Å². The van der Waals surface area contributed by atoms with Crippen LogP contribution < -0.4 is 11.1 Å². The Morgan fingerprint density at radius 2 is 2.10 bits per heavy atom. The molecule has 0 aliphatic rings. The summed E-state index contributed by atoms with van der Waals surface area (Å²) in [5.74, 6) is 1.32. The molecule has 0 saturated carbocycles. The molecule has 3 aromatic rings. The van der Waals surface area contributed by atoms with Crippen molar-refractivity contribution in [3.8, 4) is 0 Å². The number of rotatable bonds is 3. The monoisotopic (exact) mass is 301 g/mol. The number of para-hydroxylation sites is 1. The smallest absolute Gasteiger partial charge is 0.208 e. The number of hydrogen-bond acceptors (Lipinski definition) is 6. The maximum absolute atomic E-state index is 5.78. The van der Waals surface area contributed by atoms with E-state index < -0.39 is 0 Å². The summed E-state index contributed by atoms with van der Waals surface area (Å²) in [5.41, 5.74) is 7.36. The lowest BCUT2D eigenvalue weighted by molar-refractivity contribution is 1.16. The molecule has 3 rings (SSSR count). The van der Waals surface area contributed by atoms with E-state index in [0.29, 0.717) is 21.5 Å². The van der Waals surface area contributed by atoms with Crippen LogP contribution in [0.1, 0.15) is 11.4 Å². The molecular weight excluding hydrogens is 290 g/mol. The van der Waals surface area contributed by atoms with Gasteiger partial charge in [0.25, 0.3) is 0 Å². The summed E-state index contributed by atoms with van der Waals surface area (Å²) in [6.45, 7) is 1.84. The van der Waals surface area contributed by atoms with Gasteiger partial charge in [-0.2, -0.15) is 4.37 Å². The number of pyridine rings is 1. The van der Waals surface area contributed by atoms with Crippen molar-refractivity contribution < 1.29 is 0 Å². The van der Waals surface area contributed by atoms with Crippen LogP contribution in [0.15, 0.2) is 30.3 Å². The van der Waals surface area contributed by atoms with E-state index in [2.05, 4.69) is 19.7 Å². The van der Waals surface area contributed by atoms with Crippen LogP contribution in [0.4, 0.5) is 10.9 Å². The Hall–Kier alpha value is -2.12. The third kappa shape index (κ3) is 2.45. The Kier molecular flexibility index (Phi) is 3.29. The number of fused-ring (bicyclic) bond motifs is 1. The highest BCUT2D eigenvalue weighted by atomic mass is 32.1. The topological polar surface area (TPSA) is 76.7 Å². The molecule has 0 amide bonds. The summed E-state index contributed by atoms with van der Waals surface area (Å²) in [5, 5.41) is 4.80. The number of benzene rings is 1. The number of anilines is 2. The van der Waals surface area contributed by atoms with Crippen LogP contribution in [-0.2, 0) is 0 Å². The largest absolute Gasteiger partial charge is 0.389 e. The summed E-state index contributed by atoms with van der Waals surface area (Å²) in [4.78, 5) is 9.12. The minimum Gasteiger partial charge on any atom is -0.389 e. The molecule has 20 heavy (non-hydrogen) atoms. The molecule has 0 atom stereocenters. The van der Waals surface area contributed by atoms with Gasteiger partial charge in [-0.1, -0.05) is 30.4 Å². The van der Waals surface area contributed by atoms with Crippen molar-refractivity contribution in [2.24, 2.45) is 5.73 Å². The van der Waals surface area contributed by atoms with Crippen molar-refractivity contribution in [2.45, 2.75) is 6.92 Å². The second-order valence-electron chi connectivity index (χ2n) is 4.21. The predicted octanol–water partition coefficient (Wildman–Crippen LogP) is 2.77. The maximum Gasteiger partial charge on any atom is 0.208 e. The lowest BCUT2D eigenvalue weighted by Crippen LogP contribution is -2.13. The van der Waals surface area contributed by atoms with Crippen LogP contribution >= 0.6 is 23.8 Å². The number of aryl methyl sites for hydroxylation is 1. The van der Waals surface area contributed by atoms with E-state index in [4.69, 9.17) is 18.0 Å². The van der Waals surface area contributed by atoms with Crippen LogP contribution in [0, 0.1) is 6.92 Å². The third-order valence-electron chi connectivity index (χ3n) is 2.74. The van der Waals surface area contributed by atoms with Gasteiger partial charge in [0.05, 0.1) is 11.1 Å². The fourth-order valence-corrected chi connectivity index (χ4v) is 2.58. The van der Waals surface area contributed by atoms with E-state index in [-0.39, 0.29) is 0 Å². The van der Waals surface area contributed by atoms with Gasteiger partial charge in [-0.3, -0.25) is 0 Å². The van der Waals surface area contributed by atoms with Crippen molar-refractivity contribution in [1.29, 1.82) is 0 Å².